The average Bonchev–Trinajstić information content (AvgIpc) is 2.65. The monoisotopic (exact) mass is 1180 g/mol. The predicted molar refractivity (Wildman–Crippen MR) is 63.2 cm³/mol. The van der Waals surface area contributed by atoms with Gasteiger partial charge in [-0.2, -0.15) is 6.07 Å². The minimum absolute atomic E-state index is 0. The van der Waals surface area contributed by atoms with Crippen LogP contribution in [-0.4, -0.2) is 23.9 Å². The fraction of sp³-hybridized carbons (Fsp3) is 0.357. The normalized spacial score (nSPS) is 9.15. The number of rotatable bonds is 2. The van der Waals surface area contributed by atoms with Crippen molar-refractivity contribution in [3.63, 3.8) is 0 Å². The Labute approximate surface area is 437 Å². The molecule has 0 aliphatic carbocycles. The van der Waals surface area contributed by atoms with E-state index in [1.807, 2.05) is 6.07 Å². The molecule has 1 aromatic carbocycles. The Balaban J connectivity index is -0.0000000291. The van der Waals surface area contributed by atoms with Crippen LogP contribution in [0.3, 0.4) is 0 Å². The van der Waals surface area contributed by atoms with Crippen LogP contribution in [-0.2, 0) is 360 Å². The van der Waals surface area contributed by atoms with Crippen LogP contribution in [0.4, 0.5) is 0 Å². The van der Waals surface area contributed by atoms with E-state index in [4.69, 9.17) is 6.58 Å². The Hall–Kier alpha value is 10.8. The van der Waals surface area contributed by atoms with Crippen molar-refractivity contribution in [2.75, 3.05) is 13.6 Å². The quantitative estimate of drug-likeness (QED) is 0.317. The van der Waals surface area contributed by atoms with Gasteiger partial charge in [0.2, 0.25) is 0 Å². The molecule has 0 unspecified atom stereocenters. The summed E-state index contributed by atoms with van der Waals surface area (Å²) >= 11 is 0. The minimum Gasteiger partial charge on any atom is -0.344 e. The summed E-state index contributed by atoms with van der Waals surface area (Å²) in [6.07, 6.45) is 4.04. The number of hydrogen-bond acceptors (Lipinski definition) is 0. The molecule has 0 N–H and O–H groups in total. The third-order valence-electron chi connectivity index (χ3n) is 3.04. The number of hydrogen-bond donors (Lipinski definition) is 0. The van der Waals surface area contributed by atoms with Crippen LogP contribution in [0.2, 0.25) is 0 Å². The molecule has 1 aliphatic heterocycles. The molecule has 0 spiro atoms. The molecule has 11 radical (unpaired) electrons. The second-order valence-electron chi connectivity index (χ2n) is 4.12. The van der Waals surface area contributed by atoms with E-state index in [1.54, 1.807) is 6.08 Å². The van der Waals surface area contributed by atoms with Crippen molar-refractivity contribution < 1.29 is 364 Å². The molecule has 0 fully saturated rings. The van der Waals surface area contributed by atoms with Gasteiger partial charge in [0.1, 0.15) is 13.6 Å². The molecular weight excluding hydrogens is 1160 g/mol. The van der Waals surface area contributed by atoms with Gasteiger partial charge in [0.25, 0.3) is 0 Å². The zero-order chi connectivity index (χ0) is 10.8. The van der Waals surface area contributed by atoms with E-state index in [-0.39, 0.29) is 360 Å². The van der Waals surface area contributed by atoms with E-state index in [1.165, 1.54) is 29.7 Å². The summed E-state index contributed by atoms with van der Waals surface area (Å²) in [4.78, 5) is 0. The summed E-state index contributed by atoms with van der Waals surface area (Å²) in [5.41, 5.74) is 5.02. The summed E-state index contributed by atoms with van der Waals surface area (Å²) in [6, 6.07) is 7.31. The van der Waals surface area contributed by atoms with Gasteiger partial charge in [-0.15, -0.1) is 5.56 Å². The van der Waals surface area contributed by atoms with E-state index in [0.29, 0.717) is 0 Å². The molecule has 0 saturated heterocycles. The molecular formula is C14H16NY11-. The Kier molecular flexibility index (Phi) is 102. The molecule has 12 heteroatoms. The molecule has 0 saturated carbocycles. The van der Waals surface area contributed by atoms with E-state index in [0.717, 1.165) is 12.1 Å². The van der Waals surface area contributed by atoms with Gasteiger partial charge in [-0.05, 0) is 0 Å². The summed E-state index contributed by atoms with van der Waals surface area (Å²) in [5, 5.41) is 0. The fourth-order valence-corrected chi connectivity index (χ4v) is 2.14. The van der Waals surface area contributed by atoms with Gasteiger partial charge in [-0.25, -0.2) is 16.7 Å². The van der Waals surface area contributed by atoms with Crippen LogP contribution in [0.1, 0.15) is 29.5 Å². The predicted octanol–water partition coefficient (Wildman–Crippen LogP) is 2.44. The number of nitrogens with zero attached hydrogens (tertiary/aromatic N) is 1. The summed E-state index contributed by atoms with van der Waals surface area (Å²) in [7, 11) is 2.16. The molecule has 1 heterocycles. The topological polar surface area (TPSA) is 3.01 Å². The van der Waals surface area contributed by atoms with Crippen LogP contribution in [0.5, 0.6) is 0 Å². The van der Waals surface area contributed by atoms with E-state index in [9.17, 15) is 0 Å². The zero-order valence-electron chi connectivity index (χ0n) is 15.7. The third-order valence-corrected chi connectivity index (χ3v) is 3.04. The Bertz CT molecular complexity index is 453. The Morgan fingerprint density at radius 1 is 0.923 bits per heavy atom. The van der Waals surface area contributed by atoms with Crippen LogP contribution in [0.15, 0.2) is 12.1 Å². The molecule has 1 aromatic rings. The molecule has 0 bridgehead atoms. The first-order chi connectivity index (χ1) is 7.22. The molecule has 2 rings (SSSR count). The molecule has 0 aromatic heterocycles. The first-order valence-corrected chi connectivity index (χ1v) is 5.37. The maximum Gasteiger partial charge on any atom is 0.163 e. The molecule has 0 atom stereocenters. The average molecular weight is 1180 g/mol. The Morgan fingerprint density at radius 2 is 1.38 bits per heavy atom. The van der Waals surface area contributed by atoms with E-state index in [2.05, 4.69) is 30.7 Å². The minimum atomic E-state index is 0. The number of benzene rings is 1. The van der Waals surface area contributed by atoms with E-state index >= 15 is 0 Å². The second kappa shape index (κ2) is 40.3. The SMILES string of the molecule is [CH-]=Cc1[c-]cc(C)c(C2=[N+](C)CCC2)c1.[Y].[Y].[Y].[Y].[Y].[Y].[Y].[Y].[Y].[Y].[Y]. The molecule has 1 aliphatic rings. The summed E-state index contributed by atoms with van der Waals surface area (Å²) < 4.78 is 2.34. The van der Waals surface area contributed by atoms with Gasteiger partial charge < -0.3 is 18.2 Å². The van der Waals surface area contributed by atoms with Crippen molar-refractivity contribution >= 4 is 11.8 Å². The zero-order valence-corrected chi connectivity index (χ0v) is 47.0. The third kappa shape index (κ3) is 25.1. The number of aryl methyl sites for hydroxylation is 1. The van der Waals surface area contributed by atoms with Crippen molar-refractivity contribution in [3.8, 4) is 0 Å². The maximum atomic E-state index is 5.52. The van der Waals surface area contributed by atoms with Crippen molar-refractivity contribution in [1.82, 2.24) is 0 Å². The first-order valence-electron chi connectivity index (χ1n) is 5.37. The molecule has 1 nitrogen and oxygen atoms in total. The van der Waals surface area contributed by atoms with Crippen molar-refractivity contribution in [3.05, 3.63) is 41.5 Å². The smallest absolute Gasteiger partial charge is 0.163 e. The van der Waals surface area contributed by atoms with Crippen LogP contribution in [0, 0.1) is 19.6 Å². The maximum absolute atomic E-state index is 5.52. The van der Waals surface area contributed by atoms with Gasteiger partial charge in [0, 0.05) is 373 Å². The van der Waals surface area contributed by atoms with Crippen LogP contribution in [0.25, 0.3) is 6.08 Å². The van der Waals surface area contributed by atoms with Gasteiger partial charge in [-0.3, -0.25) is 0 Å². The van der Waals surface area contributed by atoms with Gasteiger partial charge in [-0.1, -0.05) is 12.5 Å². The van der Waals surface area contributed by atoms with Gasteiger partial charge in [0.15, 0.2) is 5.71 Å². The largest absolute Gasteiger partial charge is 0.344 e. The van der Waals surface area contributed by atoms with Gasteiger partial charge >= 0.3 is 0 Å². The summed E-state index contributed by atoms with van der Waals surface area (Å²) in [6.45, 7) is 8.82. The molecule has 0 amide bonds. The van der Waals surface area contributed by atoms with Crippen LogP contribution < -0.4 is 0 Å². The van der Waals surface area contributed by atoms with Crippen molar-refractivity contribution in [1.29, 1.82) is 0 Å². The van der Waals surface area contributed by atoms with Crippen LogP contribution >= 0.6 is 0 Å². The van der Waals surface area contributed by atoms with Gasteiger partial charge in [0.05, 0.1) is 0 Å². The molecule has 26 heavy (non-hydrogen) atoms. The Morgan fingerprint density at radius 3 is 1.73 bits per heavy atom. The van der Waals surface area contributed by atoms with E-state index < -0.39 is 0 Å². The fourth-order valence-electron chi connectivity index (χ4n) is 2.14. The molecule has 111 valence electrons. The standard InChI is InChI=1S/C14H16N.11Y/c1-4-12-8-7-11(2)13(10-12)14-6-5-9-15(14)3;;;;;;;;;;;/h1,4,7,10H,5-6,9H2,2-3H3;;;;;;;;;;;/q-1;;;;;;;;;;;. The van der Waals surface area contributed by atoms with Crippen molar-refractivity contribution in [2.24, 2.45) is 0 Å². The van der Waals surface area contributed by atoms with Crippen molar-refractivity contribution in [2.45, 2.75) is 19.8 Å². The summed E-state index contributed by atoms with van der Waals surface area (Å²) in [5.74, 6) is 0. The second-order valence-corrected chi connectivity index (χ2v) is 4.12. The first kappa shape index (κ1) is 65.7.